The first-order chi connectivity index (χ1) is 7.66. The van der Waals surface area contributed by atoms with Crippen molar-refractivity contribution in [3.63, 3.8) is 0 Å². The lowest BCUT2D eigenvalue weighted by Gasteiger charge is -2.08. The molecule has 0 aliphatic rings. The molecule has 0 aromatic carbocycles. The molecule has 1 N–H and O–H groups in total. The van der Waals surface area contributed by atoms with Gasteiger partial charge in [-0.05, 0) is 19.4 Å². The van der Waals surface area contributed by atoms with Crippen LogP contribution in [0.2, 0.25) is 0 Å². The zero-order valence-corrected chi connectivity index (χ0v) is 10.8. The number of carbonyl (C=O) groups is 1. The van der Waals surface area contributed by atoms with Crippen LogP contribution in [-0.4, -0.2) is 38.4 Å². The second-order valence-electron chi connectivity index (χ2n) is 4.09. The Morgan fingerprint density at radius 2 is 2.00 bits per heavy atom. The summed E-state index contributed by atoms with van der Waals surface area (Å²) in [7, 11) is 0. The van der Waals surface area contributed by atoms with Crippen LogP contribution in [0.25, 0.3) is 0 Å². The van der Waals surface area contributed by atoms with Crippen LogP contribution in [0.15, 0.2) is 0 Å². The highest BCUT2D eigenvalue weighted by molar-refractivity contribution is 5.70. The highest BCUT2D eigenvalue weighted by atomic mass is 16.6. The maximum Gasteiger partial charge on any atom is 0.332 e. The molecule has 0 aromatic heterocycles. The van der Waals surface area contributed by atoms with Crippen LogP contribution in [0.1, 0.15) is 40.0 Å². The molecule has 0 unspecified atom stereocenters. The molecule has 0 saturated carbocycles. The zero-order chi connectivity index (χ0) is 12.2. The Balaban J connectivity index is 3.15. The molecule has 0 aromatic rings. The fourth-order valence-electron chi connectivity index (χ4n) is 1.09. The van der Waals surface area contributed by atoms with Crippen molar-refractivity contribution < 1.29 is 14.3 Å². The van der Waals surface area contributed by atoms with E-state index in [1.54, 1.807) is 0 Å². The first-order valence-corrected chi connectivity index (χ1v) is 6.13. The van der Waals surface area contributed by atoms with Crippen molar-refractivity contribution in [2.24, 2.45) is 0 Å². The lowest BCUT2D eigenvalue weighted by molar-refractivity contribution is -0.149. The monoisotopic (exact) mass is 231 g/mol. The number of nitrogens with one attached hydrogen (secondary N) is 1. The number of ether oxygens (including phenoxy) is 2. The number of esters is 1. The third-order valence-corrected chi connectivity index (χ3v) is 2.00. The maximum atomic E-state index is 11.1. The van der Waals surface area contributed by atoms with Gasteiger partial charge in [0.2, 0.25) is 0 Å². The molecule has 0 bridgehead atoms. The Morgan fingerprint density at radius 3 is 2.62 bits per heavy atom. The van der Waals surface area contributed by atoms with E-state index in [0.717, 1.165) is 25.8 Å². The van der Waals surface area contributed by atoms with Crippen molar-refractivity contribution >= 4 is 5.97 Å². The summed E-state index contributed by atoms with van der Waals surface area (Å²) in [6.07, 6.45) is 2.87. The number of rotatable bonds is 10. The predicted molar refractivity (Wildman–Crippen MR) is 64.4 cm³/mol. The van der Waals surface area contributed by atoms with Crippen LogP contribution in [-0.2, 0) is 14.3 Å². The summed E-state index contributed by atoms with van der Waals surface area (Å²) in [5, 5.41) is 3.28. The Labute approximate surface area is 98.7 Å². The first kappa shape index (κ1) is 15.4. The summed E-state index contributed by atoms with van der Waals surface area (Å²) in [6, 6.07) is 0.499. The van der Waals surface area contributed by atoms with Gasteiger partial charge in [0.25, 0.3) is 0 Å². The van der Waals surface area contributed by atoms with E-state index in [1.165, 1.54) is 0 Å². The quantitative estimate of drug-likeness (QED) is 0.459. The number of hydrogen-bond donors (Lipinski definition) is 1. The SMILES string of the molecule is CCCCOC(=O)COCCCNC(C)C. The van der Waals surface area contributed by atoms with Crippen LogP contribution in [0, 0.1) is 0 Å². The van der Waals surface area contributed by atoms with Crippen molar-refractivity contribution in [1.82, 2.24) is 5.32 Å². The molecular formula is C12H25NO3. The van der Waals surface area contributed by atoms with Gasteiger partial charge in [-0.3, -0.25) is 0 Å². The van der Waals surface area contributed by atoms with E-state index in [0.29, 0.717) is 19.3 Å². The van der Waals surface area contributed by atoms with E-state index in [-0.39, 0.29) is 12.6 Å². The predicted octanol–water partition coefficient (Wildman–Crippen LogP) is 1.73. The topological polar surface area (TPSA) is 47.6 Å². The molecule has 0 aliphatic carbocycles. The number of hydrogen-bond acceptors (Lipinski definition) is 4. The van der Waals surface area contributed by atoms with E-state index in [4.69, 9.17) is 9.47 Å². The van der Waals surface area contributed by atoms with Crippen LogP contribution >= 0.6 is 0 Å². The summed E-state index contributed by atoms with van der Waals surface area (Å²) in [6.45, 7) is 8.37. The molecule has 0 atom stereocenters. The van der Waals surface area contributed by atoms with E-state index < -0.39 is 0 Å². The van der Waals surface area contributed by atoms with E-state index in [1.807, 2.05) is 0 Å². The highest BCUT2D eigenvalue weighted by Crippen LogP contribution is 1.90. The van der Waals surface area contributed by atoms with Crippen molar-refractivity contribution in [2.75, 3.05) is 26.4 Å². The summed E-state index contributed by atoms with van der Waals surface area (Å²) >= 11 is 0. The molecule has 4 heteroatoms. The molecular weight excluding hydrogens is 206 g/mol. The molecule has 4 nitrogen and oxygen atoms in total. The van der Waals surface area contributed by atoms with Crippen molar-refractivity contribution in [2.45, 2.75) is 46.1 Å². The number of carbonyl (C=O) groups excluding carboxylic acids is 1. The molecule has 0 rings (SSSR count). The lowest BCUT2D eigenvalue weighted by Crippen LogP contribution is -2.25. The van der Waals surface area contributed by atoms with Crippen LogP contribution in [0.5, 0.6) is 0 Å². The molecule has 0 saturated heterocycles. The van der Waals surface area contributed by atoms with Gasteiger partial charge in [-0.25, -0.2) is 4.79 Å². The average Bonchev–Trinajstić information content (AvgIpc) is 2.23. The normalized spacial score (nSPS) is 10.8. The molecule has 0 radical (unpaired) electrons. The minimum Gasteiger partial charge on any atom is -0.464 e. The lowest BCUT2D eigenvalue weighted by atomic mass is 10.3. The van der Waals surface area contributed by atoms with E-state index >= 15 is 0 Å². The van der Waals surface area contributed by atoms with Crippen molar-refractivity contribution in [3.05, 3.63) is 0 Å². The van der Waals surface area contributed by atoms with Gasteiger partial charge in [-0.2, -0.15) is 0 Å². The molecule has 0 spiro atoms. The van der Waals surface area contributed by atoms with Gasteiger partial charge in [-0.15, -0.1) is 0 Å². The van der Waals surface area contributed by atoms with Gasteiger partial charge >= 0.3 is 5.97 Å². The second kappa shape index (κ2) is 10.9. The van der Waals surface area contributed by atoms with Crippen LogP contribution < -0.4 is 5.32 Å². The second-order valence-corrected chi connectivity index (χ2v) is 4.09. The summed E-state index contributed by atoms with van der Waals surface area (Å²) in [5.41, 5.74) is 0. The van der Waals surface area contributed by atoms with Gasteiger partial charge in [-0.1, -0.05) is 27.2 Å². The van der Waals surface area contributed by atoms with Gasteiger partial charge in [0.05, 0.1) is 6.61 Å². The largest absolute Gasteiger partial charge is 0.464 e. The average molecular weight is 231 g/mol. The summed E-state index contributed by atoms with van der Waals surface area (Å²) < 4.78 is 10.1. The first-order valence-electron chi connectivity index (χ1n) is 6.13. The maximum absolute atomic E-state index is 11.1. The van der Waals surface area contributed by atoms with Crippen molar-refractivity contribution in [3.8, 4) is 0 Å². The van der Waals surface area contributed by atoms with Gasteiger partial charge in [0.1, 0.15) is 6.61 Å². The molecule has 0 fully saturated rings. The third-order valence-electron chi connectivity index (χ3n) is 2.00. The zero-order valence-electron chi connectivity index (χ0n) is 10.8. The molecule has 16 heavy (non-hydrogen) atoms. The summed E-state index contributed by atoms with van der Waals surface area (Å²) in [5.74, 6) is -0.259. The van der Waals surface area contributed by atoms with Crippen LogP contribution in [0.4, 0.5) is 0 Å². The third kappa shape index (κ3) is 11.5. The van der Waals surface area contributed by atoms with Gasteiger partial charge in [0, 0.05) is 12.6 Å². The Morgan fingerprint density at radius 1 is 1.25 bits per heavy atom. The van der Waals surface area contributed by atoms with Crippen molar-refractivity contribution in [1.29, 1.82) is 0 Å². The fraction of sp³-hybridized carbons (Fsp3) is 0.917. The number of unbranched alkanes of at least 4 members (excludes halogenated alkanes) is 1. The molecule has 0 aliphatic heterocycles. The Bertz CT molecular complexity index is 172. The van der Waals surface area contributed by atoms with E-state index in [2.05, 4.69) is 26.1 Å². The fourth-order valence-corrected chi connectivity index (χ4v) is 1.09. The highest BCUT2D eigenvalue weighted by Gasteiger charge is 2.01. The minimum absolute atomic E-state index is 0.0748. The minimum atomic E-state index is -0.259. The molecule has 0 heterocycles. The van der Waals surface area contributed by atoms with Crippen LogP contribution in [0.3, 0.4) is 0 Å². The standard InChI is InChI=1S/C12H25NO3/c1-4-5-9-16-12(14)10-15-8-6-7-13-11(2)3/h11,13H,4-10H2,1-3H3. The smallest absolute Gasteiger partial charge is 0.332 e. The van der Waals surface area contributed by atoms with Gasteiger partial charge in [0.15, 0.2) is 0 Å². The Hall–Kier alpha value is -0.610. The molecule has 96 valence electrons. The van der Waals surface area contributed by atoms with E-state index in [9.17, 15) is 4.79 Å². The summed E-state index contributed by atoms with van der Waals surface area (Å²) in [4.78, 5) is 11.1. The molecule has 0 amide bonds. The van der Waals surface area contributed by atoms with Gasteiger partial charge < -0.3 is 14.8 Å². The Kier molecular flexibility index (Phi) is 10.5.